The molecule has 1 saturated carbocycles. The number of halogens is 1. The molecule has 2 aromatic rings. The highest BCUT2D eigenvalue weighted by Crippen LogP contribution is 2.38. The van der Waals surface area contributed by atoms with E-state index in [-0.39, 0.29) is 37.2 Å². The van der Waals surface area contributed by atoms with Crippen molar-refractivity contribution in [2.45, 2.75) is 58.4 Å². The fourth-order valence-electron chi connectivity index (χ4n) is 5.25. The van der Waals surface area contributed by atoms with E-state index in [0.29, 0.717) is 22.8 Å². The fraction of sp³-hybridized carbons (Fsp3) is 0.625. The lowest BCUT2D eigenvalue weighted by atomic mass is 9.79. The summed E-state index contributed by atoms with van der Waals surface area (Å²) in [6.45, 7) is 6.20. The number of imidazole rings is 1. The van der Waals surface area contributed by atoms with E-state index in [2.05, 4.69) is 16.9 Å². The van der Waals surface area contributed by atoms with E-state index >= 15 is 4.39 Å². The van der Waals surface area contributed by atoms with Crippen LogP contribution in [0.25, 0.3) is 11.0 Å². The average Bonchev–Trinajstić information content (AvgIpc) is 3.40. The van der Waals surface area contributed by atoms with Crippen LogP contribution in [0.1, 0.15) is 69.8 Å². The highest BCUT2D eigenvalue weighted by Gasteiger charge is 2.42. The number of fused-ring (bicyclic) bond motifs is 1. The standard InChI is InChI=1S/C24H33FN4O3/c1-4-32-24(31)18-12-29(14(3)30)11-17(18)16-9-10-19-22(20(16)25)28-23(27-19)21(26)15-7-5-13(2)6-8-15/h9-10,13,15,17-18,21H,4-8,11-12,26H2,1-3H3,(H,27,28). The average molecular weight is 445 g/mol. The maximum absolute atomic E-state index is 15.7. The number of nitrogens with zero attached hydrogens (tertiary/aromatic N) is 2. The van der Waals surface area contributed by atoms with E-state index in [4.69, 9.17) is 10.5 Å². The Labute approximate surface area is 187 Å². The first-order valence-electron chi connectivity index (χ1n) is 11.7. The molecule has 1 aromatic heterocycles. The Balaban J connectivity index is 1.64. The summed E-state index contributed by atoms with van der Waals surface area (Å²) in [6.07, 6.45) is 4.41. The van der Waals surface area contributed by atoms with Gasteiger partial charge in [0, 0.05) is 25.9 Å². The highest BCUT2D eigenvalue weighted by atomic mass is 19.1. The van der Waals surface area contributed by atoms with Crippen LogP contribution in [0.4, 0.5) is 4.39 Å². The number of carbonyl (C=O) groups excluding carboxylic acids is 2. The number of benzene rings is 1. The molecular formula is C24H33FN4O3. The maximum Gasteiger partial charge on any atom is 0.311 e. The second-order valence-corrected chi connectivity index (χ2v) is 9.42. The second kappa shape index (κ2) is 9.17. The van der Waals surface area contributed by atoms with Gasteiger partial charge in [0.25, 0.3) is 0 Å². The number of hydrogen-bond donors (Lipinski definition) is 2. The number of aromatic amines is 1. The third-order valence-corrected chi connectivity index (χ3v) is 7.28. The van der Waals surface area contributed by atoms with Gasteiger partial charge in [0.1, 0.15) is 11.3 Å². The number of esters is 1. The van der Waals surface area contributed by atoms with Gasteiger partial charge in [-0.2, -0.15) is 0 Å². The van der Waals surface area contributed by atoms with Crippen molar-refractivity contribution in [1.82, 2.24) is 14.9 Å². The molecule has 0 spiro atoms. The number of nitrogens with one attached hydrogen (secondary N) is 1. The molecular weight excluding hydrogens is 411 g/mol. The van der Waals surface area contributed by atoms with E-state index in [1.807, 2.05) is 0 Å². The van der Waals surface area contributed by atoms with Gasteiger partial charge in [-0.25, -0.2) is 9.37 Å². The van der Waals surface area contributed by atoms with Crippen LogP contribution in [0.5, 0.6) is 0 Å². The van der Waals surface area contributed by atoms with Crippen molar-refractivity contribution in [2.24, 2.45) is 23.5 Å². The minimum Gasteiger partial charge on any atom is -0.466 e. The number of nitrogens with two attached hydrogens (primary N) is 1. The number of amides is 1. The SMILES string of the molecule is CCOC(=O)C1CN(C(C)=O)CC1c1ccc2[nH]c(C(N)C3CCC(C)CC3)nc2c1F. The van der Waals surface area contributed by atoms with Crippen LogP contribution < -0.4 is 5.73 Å². The number of rotatable bonds is 5. The van der Waals surface area contributed by atoms with Crippen LogP contribution in [0.3, 0.4) is 0 Å². The molecule has 2 fully saturated rings. The van der Waals surface area contributed by atoms with Gasteiger partial charge < -0.3 is 20.4 Å². The molecule has 3 N–H and O–H groups in total. The van der Waals surface area contributed by atoms with Gasteiger partial charge in [0.2, 0.25) is 5.91 Å². The Hall–Kier alpha value is -2.48. The zero-order chi connectivity index (χ0) is 23.0. The van der Waals surface area contributed by atoms with E-state index < -0.39 is 23.6 Å². The van der Waals surface area contributed by atoms with Gasteiger partial charge in [0.05, 0.1) is 24.1 Å². The van der Waals surface area contributed by atoms with Gasteiger partial charge in [-0.1, -0.05) is 25.8 Å². The molecule has 0 bridgehead atoms. The van der Waals surface area contributed by atoms with Gasteiger partial charge in [-0.05, 0) is 43.2 Å². The van der Waals surface area contributed by atoms with E-state index in [1.165, 1.54) is 6.92 Å². The van der Waals surface area contributed by atoms with Crippen LogP contribution in [-0.4, -0.2) is 46.4 Å². The van der Waals surface area contributed by atoms with Gasteiger partial charge in [0.15, 0.2) is 5.82 Å². The van der Waals surface area contributed by atoms with E-state index in [0.717, 1.165) is 31.6 Å². The van der Waals surface area contributed by atoms with Crippen molar-refractivity contribution in [3.05, 3.63) is 29.3 Å². The molecule has 1 amide bonds. The summed E-state index contributed by atoms with van der Waals surface area (Å²) in [4.78, 5) is 33.8. The molecule has 0 radical (unpaired) electrons. The highest BCUT2D eigenvalue weighted by molar-refractivity contribution is 5.81. The van der Waals surface area contributed by atoms with Crippen LogP contribution in [0, 0.1) is 23.6 Å². The lowest BCUT2D eigenvalue weighted by Gasteiger charge is -2.29. The molecule has 4 rings (SSSR count). The van der Waals surface area contributed by atoms with Gasteiger partial charge >= 0.3 is 5.97 Å². The molecule has 2 aliphatic rings. The molecule has 1 saturated heterocycles. The lowest BCUT2D eigenvalue weighted by Crippen LogP contribution is -2.28. The number of ether oxygens (including phenoxy) is 1. The number of likely N-dealkylation sites (tertiary alicyclic amines) is 1. The summed E-state index contributed by atoms with van der Waals surface area (Å²) in [6, 6.07) is 3.22. The lowest BCUT2D eigenvalue weighted by molar-refractivity contribution is -0.148. The summed E-state index contributed by atoms with van der Waals surface area (Å²) in [5.74, 6) is -0.417. The van der Waals surface area contributed by atoms with Crippen molar-refractivity contribution in [3.63, 3.8) is 0 Å². The molecule has 7 nitrogen and oxygen atoms in total. The molecule has 32 heavy (non-hydrogen) atoms. The molecule has 1 aromatic carbocycles. The summed E-state index contributed by atoms with van der Waals surface area (Å²) in [5, 5.41) is 0. The van der Waals surface area contributed by atoms with Crippen molar-refractivity contribution in [3.8, 4) is 0 Å². The fourth-order valence-corrected chi connectivity index (χ4v) is 5.25. The largest absolute Gasteiger partial charge is 0.466 e. The van der Waals surface area contributed by atoms with Crippen molar-refractivity contribution >= 4 is 22.9 Å². The third-order valence-electron chi connectivity index (χ3n) is 7.28. The Morgan fingerprint density at radius 2 is 2.00 bits per heavy atom. The first-order chi connectivity index (χ1) is 15.3. The third kappa shape index (κ3) is 4.25. The molecule has 3 atom stereocenters. The number of aromatic nitrogens is 2. The molecule has 1 aliphatic carbocycles. The minimum atomic E-state index is -0.601. The molecule has 8 heteroatoms. The second-order valence-electron chi connectivity index (χ2n) is 9.42. The van der Waals surface area contributed by atoms with Crippen LogP contribution in [-0.2, 0) is 14.3 Å². The monoisotopic (exact) mass is 444 g/mol. The van der Waals surface area contributed by atoms with Crippen molar-refractivity contribution < 1.29 is 18.7 Å². The molecule has 1 aliphatic heterocycles. The Kier molecular flexibility index (Phi) is 6.51. The van der Waals surface area contributed by atoms with E-state index in [1.54, 1.807) is 24.0 Å². The van der Waals surface area contributed by atoms with Crippen LogP contribution in [0.2, 0.25) is 0 Å². The normalized spacial score (nSPS) is 27.0. The summed E-state index contributed by atoms with van der Waals surface area (Å²) in [7, 11) is 0. The Morgan fingerprint density at radius 3 is 2.66 bits per heavy atom. The summed E-state index contributed by atoms with van der Waals surface area (Å²) in [5.41, 5.74) is 7.73. The van der Waals surface area contributed by atoms with Gasteiger partial charge in [-0.3, -0.25) is 9.59 Å². The van der Waals surface area contributed by atoms with E-state index in [9.17, 15) is 9.59 Å². The van der Waals surface area contributed by atoms with Crippen molar-refractivity contribution in [2.75, 3.05) is 19.7 Å². The first-order valence-corrected chi connectivity index (χ1v) is 11.7. The predicted octanol–water partition coefficient (Wildman–Crippen LogP) is 3.65. The Bertz CT molecular complexity index is 999. The Morgan fingerprint density at radius 1 is 1.28 bits per heavy atom. The summed E-state index contributed by atoms with van der Waals surface area (Å²) >= 11 is 0. The summed E-state index contributed by atoms with van der Waals surface area (Å²) < 4.78 is 20.9. The van der Waals surface area contributed by atoms with Gasteiger partial charge in [-0.15, -0.1) is 0 Å². The smallest absolute Gasteiger partial charge is 0.311 e. The van der Waals surface area contributed by atoms with Crippen molar-refractivity contribution in [1.29, 1.82) is 0 Å². The molecule has 3 unspecified atom stereocenters. The maximum atomic E-state index is 15.7. The topological polar surface area (TPSA) is 101 Å². The molecule has 2 heterocycles. The molecule has 174 valence electrons. The number of carbonyl (C=O) groups is 2. The zero-order valence-electron chi connectivity index (χ0n) is 19.1. The van der Waals surface area contributed by atoms with Crippen LogP contribution >= 0.6 is 0 Å². The first kappa shape index (κ1) is 22.7. The number of H-pyrrole nitrogens is 1. The quantitative estimate of drug-likeness (QED) is 0.686. The predicted molar refractivity (Wildman–Crippen MR) is 119 cm³/mol. The number of hydrogen-bond acceptors (Lipinski definition) is 5. The zero-order valence-corrected chi connectivity index (χ0v) is 19.1. The minimum absolute atomic E-state index is 0.141. The van der Waals surface area contributed by atoms with Crippen LogP contribution in [0.15, 0.2) is 12.1 Å².